The molecule has 1 amide bonds. The van der Waals surface area contributed by atoms with Gasteiger partial charge in [0.05, 0.1) is 34.7 Å². The number of unbranched alkanes of at least 4 members (excludes halogenated alkanes) is 1. The van der Waals surface area contributed by atoms with Crippen LogP contribution in [-0.2, 0) is 14.6 Å². The van der Waals surface area contributed by atoms with Gasteiger partial charge in [0.1, 0.15) is 15.8 Å². The van der Waals surface area contributed by atoms with Crippen molar-refractivity contribution in [2.45, 2.75) is 32.2 Å². The Bertz CT molecular complexity index is 1470. The molecular weight excluding hydrogens is 527 g/mol. The van der Waals surface area contributed by atoms with Crippen molar-refractivity contribution in [3.63, 3.8) is 0 Å². The van der Waals surface area contributed by atoms with Crippen LogP contribution in [0, 0.1) is 0 Å². The van der Waals surface area contributed by atoms with E-state index < -0.39 is 15.9 Å². The summed E-state index contributed by atoms with van der Waals surface area (Å²) in [5.74, 6) is 0.541. The second kappa shape index (κ2) is 10.8. The van der Waals surface area contributed by atoms with E-state index in [4.69, 9.17) is 22.1 Å². The molecule has 7 nitrogen and oxygen atoms in total. The molecule has 3 heterocycles. The van der Waals surface area contributed by atoms with Crippen molar-refractivity contribution in [2.24, 2.45) is 0 Å². The Kier molecular flexibility index (Phi) is 7.50. The SMILES string of the molecule is CCCCOc1cccc(-c2nn(-c3ccccc3)cc2/C=C2\SC(=S)N([C@@H]3CCS(=O)(=O)C3)C2=O)c1. The third-order valence-electron chi connectivity index (χ3n) is 6.32. The molecule has 0 bridgehead atoms. The van der Waals surface area contributed by atoms with Gasteiger partial charge in [0.2, 0.25) is 0 Å². The standard InChI is InChI=1S/C27H27N3O4S3/c1-2-3-13-34-23-11-7-8-19(15-23)25-20(17-29(28-25)21-9-5-4-6-10-21)16-24-26(31)30(27(35)36-24)22-12-14-37(32,33)18-22/h4-11,15-17,22H,2-3,12-14,18H2,1H3/b24-16-/t22-/m1/s1. The zero-order chi connectivity index (χ0) is 26.0. The first kappa shape index (κ1) is 25.7. The van der Waals surface area contributed by atoms with Gasteiger partial charge in [0.25, 0.3) is 5.91 Å². The minimum absolute atomic E-state index is 0.0469. The molecule has 0 aliphatic carbocycles. The van der Waals surface area contributed by atoms with Crippen LogP contribution in [-0.4, -0.2) is 57.5 Å². The van der Waals surface area contributed by atoms with Crippen molar-refractivity contribution < 1.29 is 17.9 Å². The molecule has 3 aromatic rings. The van der Waals surface area contributed by atoms with Crippen LogP contribution in [0.25, 0.3) is 23.0 Å². The maximum Gasteiger partial charge on any atom is 0.266 e. The van der Waals surface area contributed by atoms with Crippen LogP contribution in [0.4, 0.5) is 0 Å². The number of nitrogens with zero attached hydrogens (tertiary/aromatic N) is 3. The molecule has 2 aliphatic rings. The lowest BCUT2D eigenvalue weighted by Gasteiger charge is -2.20. The number of amides is 1. The Hall–Kier alpha value is -2.95. The molecule has 37 heavy (non-hydrogen) atoms. The second-order valence-electron chi connectivity index (χ2n) is 9.05. The van der Waals surface area contributed by atoms with Crippen LogP contribution < -0.4 is 4.74 Å². The fraction of sp³-hybridized carbons (Fsp3) is 0.296. The molecule has 5 rings (SSSR count). The monoisotopic (exact) mass is 553 g/mol. The highest BCUT2D eigenvalue weighted by Crippen LogP contribution is 2.38. The number of carbonyl (C=O) groups is 1. The van der Waals surface area contributed by atoms with Gasteiger partial charge < -0.3 is 4.74 Å². The van der Waals surface area contributed by atoms with Gasteiger partial charge in [-0.1, -0.05) is 67.7 Å². The first-order valence-electron chi connectivity index (χ1n) is 12.2. The highest BCUT2D eigenvalue weighted by atomic mass is 32.2. The number of ether oxygens (including phenoxy) is 1. The molecule has 0 radical (unpaired) electrons. The zero-order valence-corrected chi connectivity index (χ0v) is 22.8. The normalized spacial score (nSPS) is 20.2. The Balaban J connectivity index is 1.51. The van der Waals surface area contributed by atoms with E-state index in [1.54, 1.807) is 10.8 Å². The summed E-state index contributed by atoms with van der Waals surface area (Å²) >= 11 is 6.69. The van der Waals surface area contributed by atoms with Crippen molar-refractivity contribution in [3.8, 4) is 22.7 Å². The van der Waals surface area contributed by atoms with Crippen molar-refractivity contribution in [3.05, 3.63) is 71.3 Å². The Morgan fingerprint density at radius 3 is 2.73 bits per heavy atom. The Morgan fingerprint density at radius 1 is 1.19 bits per heavy atom. The number of hydrogen-bond acceptors (Lipinski definition) is 7. The summed E-state index contributed by atoms with van der Waals surface area (Å²) in [6, 6.07) is 17.1. The lowest BCUT2D eigenvalue weighted by molar-refractivity contribution is -0.123. The molecule has 10 heteroatoms. The average molecular weight is 554 g/mol. The fourth-order valence-electron chi connectivity index (χ4n) is 4.41. The molecule has 0 spiro atoms. The number of sulfone groups is 1. The molecule has 192 valence electrons. The molecule has 1 aromatic heterocycles. The number of thiocarbonyl (C=S) groups is 1. The second-order valence-corrected chi connectivity index (χ2v) is 13.0. The summed E-state index contributed by atoms with van der Waals surface area (Å²) in [6.45, 7) is 2.77. The van der Waals surface area contributed by atoms with E-state index in [2.05, 4.69) is 6.92 Å². The van der Waals surface area contributed by atoms with Gasteiger partial charge in [-0.2, -0.15) is 5.10 Å². The minimum Gasteiger partial charge on any atom is -0.494 e. The number of para-hydroxylation sites is 1. The van der Waals surface area contributed by atoms with Crippen LogP contribution in [0.1, 0.15) is 31.7 Å². The van der Waals surface area contributed by atoms with E-state index in [1.165, 1.54) is 16.7 Å². The maximum absolute atomic E-state index is 13.4. The lowest BCUT2D eigenvalue weighted by Crippen LogP contribution is -2.39. The van der Waals surface area contributed by atoms with Gasteiger partial charge in [-0.3, -0.25) is 9.69 Å². The van der Waals surface area contributed by atoms with Gasteiger partial charge in [-0.25, -0.2) is 13.1 Å². The molecule has 2 aromatic carbocycles. The van der Waals surface area contributed by atoms with Gasteiger partial charge in [-0.05, 0) is 43.2 Å². The van der Waals surface area contributed by atoms with Crippen molar-refractivity contribution in [1.29, 1.82) is 0 Å². The number of benzene rings is 2. The van der Waals surface area contributed by atoms with Crippen LogP contribution >= 0.6 is 24.0 Å². The Morgan fingerprint density at radius 2 is 2.00 bits per heavy atom. The first-order chi connectivity index (χ1) is 17.8. The molecule has 1 atom stereocenters. The van der Waals surface area contributed by atoms with E-state index in [0.29, 0.717) is 27.9 Å². The summed E-state index contributed by atoms with van der Waals surface area (Å²) in [5.41, 5.74) is 3.22. The van der Waals surface area contributed by atoms with Gasteiger partial charge in [0, 0.05) is 17.3 Å². The predicted octanol–water partition coefficient (Wildman–Crippen LogP) is 5.11. The van der Waals surface area contributed by atoms with E-state index >= 15 is 0 Å². The number of hydrogen-bond donors (Lipinski definition) is 0. The number of thioether (sulfide) groups is 1. The van der Waals surface area contributed by atoms with E-state index in [-0.39, 0.29) is 17.4 Å². The lowest BCUT2D eigenvalue weighted by atomic mass is 10.1. The van der Waals surface area contributed by atoms with Crippen LogP contribution in [0.15, 0.2) is 65.7 Å². The Labute approximate surface area is 226 Å². The van der Waals surface area contributed by atoms with E-state index in [9.17, 15) is 13.2 Å². The van der Waals surface area contributed by atoms with Gasteiger partial charge in [-0.15, -0.1) is 0 Å². The zero-order valence-electron chi connectivity index (χ0n) is 20.4. The number of rotatable bonds is 8. The third kappa shape index (κ3) is 5.66. The van der Waals surface area contributed by atoms with Crippen molar-refractivity contribution in [2.75, 3.05) is 18.1 Å². The summed E-state index contributed by atoms with van der Waals surface area (Å²) < 4.78 is 32.1. The summed E-state index contributed by atoms with van der Waals surface area (Å²) in [5, 5.41) is 4.86. The molecule has 2 aliphatic heterocycles. The van der Waals surface area contributed by atoms with Gasteiger partial charge in [0.15, 0.2) is 9.84 Å². The third-order valence-corrected chi connectivity index (χ3v) is 9.40. The summed E-state index contributed by atoms with van der Waals surface area (Å²) in [7, 11) is -3.15. The van der Waals surface area contributed by atoms with Crippen molar-refractivity contribution in [1.82, 2.24) is 14.7 Å². The van der Waals surface area contributed by atoms with Gasteiger partial charge >= 0.3 is 0 Å². The predicted molar refractivity (Wildman–Crippen MR) is 151 cm³/mol. The smallest absolute Gasteiger partial charge is 0.266 e. The first-order valence-corrected chi connectivity index (χ1v) is 15.2. The van der Waals surface area contributed by atoms with Crippen LogP contribution in [0.5, 0.6) is 5.75 Å². The van der Waals surface area contributed by atoms with E-state index in [1.807, 2.05) is 60.8 Å². The van der Waals surface area contributed by atoms with Crippen LogP contribution in [0.3, 0.4) is 0 Å². The molecule has 2 saturated heterocycles. The highest BCUT2D eigenvalue weighted by molar-refractivity contribution is 8.26. The molecule has 0 N–H and O–H groups in total. The summed E-state index contributed by atoms with van der Waals surface area (Å²) in [4.78, 5) is 15.3. The minimum atomic E-state index is -3.15. The maximum atomic E-state index is 13.4. The highest BCUT2D eigenvalue weighted by Gasteiger charge is 2.42. The molecule has 0 unspecified atom stereocenters. The summed E-state index contributed by atoms with van der Waals surface area (Å²) in [6.07, 6.45) is 6.12. The quantitative estimate of drug-likeness (QED) is 0.218. The van der Waals surface area contributed by atoms with Crippen molar-refractivity contribution >= 4 is 50.1 Å². The molecule has 0 saturated carbocycles. The molecule has 2 fully saturated rings. The molecular formula is C27H27N3O4S3. The number of aromatic nitrogens is 2. The fourth-order valence-corrected chi connectivity index (χ4v) is 7.50. The van der Waals surface area contributed by atoms with Crippen LogP contribution in [0.2, 0.25) is 0 Å². The van der Waals surface area contributed by atoms with E-state index in [0.717, 1.165) is 35.4 Å². The number of carbonyl (C=O) groups excluding carboxylic acids is 1. The largest absolute Gasteiger partial charge is 0.494 e. The average Bonchev–Trinajstić information content (AvgIpc) is 3.55. The topological polar surface area (TPSA) is 81.5 Å².